The first kappa shape index (κ1) is 26.9. The molecular formula is C25H19Cl2FN4O6S. The summed E-state index contributed by atoms with van der Waals surface area (Å²) in [6.07, 6.45) is 0.0733. The van der Waals surface area contributed by atoms with Gasteiger partial charge in [-0.1, -0.05) is 23.2 Å². The maximum Gasteiger partial charge on any atom is 0.276 e. The summed E-state index contributed by atoms with van der Waals surface area (Å²) in [7, 11) is -4.34. The Bertz CT molecular complexity index is 1700. The number of halogens is 3. The summed E-state index contributed by atoms with van der Waals surface area (Å²) >= 11 is 12.0. The minimum Gasteiger partial charge on any atom is -0.457 e. The van der Waals surface area contributed by atoms with Gasteiger partial charge in [-0.05, 0) is 66.7 Å². The molecule has 4 aromatic rings. The van der Waals surface area contributed by atoms with Gasteiger partial charge in [0.1, 0.15) is 23.4 Å². The van der Waals surface area contributed by atoms with Gasteiger partial charge in [-0.3, -0.25) is 19.9 Å². The molecule has 1 aliphatic rings. The zero-order chi connectivity index (χ0) is 27.9. The highest BCUT2D eigenvalue weighted by molar-refractivity contribution is 7.89. The number of nitrogens with one attached hydrogen (secondary N) is 2. The first-order valence-electron chi connectivity index (χ1n) is 11.4. The van der Waals surface area contributed by atoms with Crippen molar-refractivity contribution < 1.29 is 27.5 Å². The number of hydrogen-bond acceptors (Lipinski definition) is 6. The quantitative estimate of drug-likeness (QED) is 0.227. The van der Waals surface area contributed by atoms with E-state index in [0.717, 1.165) is 21.1 Å². The lowest BCUT2D eigenvalue weighted by Gasteiger charge is -2.32. The summed E-state index contributed by atoms with van der Waals surface area (Å²) in [5.74, 6) is -0.979. The molecule has 3 N–H and O–H groups in total. The summed E-state index contributed by atoms with van der Waals surface area (Å²) in [6.45, 7) is -0.171. The molecule has 1 aliphatic heterocycles. The summed E-state index contributed by atoms with van der Waals surface area (Å²) < 4.78 is 48.3. The number of carbonyl (C=O) groups is 1. The van der Waals surface area contributed by atoms with Gasteiger partial charge < -0.3 is 4.74 Å². The molecule has 3 aromatic carbocycles. The number of H-pyrrole nitrogens is 1. The van der Waals surface area contributed by atoms with Crippen LogP contribution >= 0.6 is 23.2 Å². The van der Waals surface area contributed by atoms with Crippen molar-refractivity contribution in [1.29, 1.82) is 0 Å². The lowest BCUT2D eigenvalue weighted by Crippen LogP contribution is -2.48. The van der Waals surface area contributed by atoms with Crippen LogP contribution in [0.1, 0.15) is 17.3 Å². The standard InChI is InChI=1S/C25H19Cl2FN4O6S/c26-14-11-15(27)13-19(12-14)38-18-5-7-20(8-6-18)39(36,37)31-10-9-21-22(23(31)24(33)30-35)25(34)32(29-21)17-3-1-16(28)2-4-17/h1-8,11-13,23,29,35H,9-10H2,(H,30,33). The van der Waals surface area contributed by atoms with E-state index in [0.29, 0.717) is 27.2 Å². The average Bonchev–Trinajstić information content (AvgIpc) is 3.24. The van der Waals surface area contributed by atoms with E-state index in [1.807, 2.05) is 0 Å². The summed E-state index contributed by atoms with van der Waals surface area (Å²) in [4.78, 5) is 25.9. The fourth-order valence-corrected chi connectivity index (χ4v) is 6.42. The number of fused-ring (bicyclic) bond motifs is 1. The lowest BCUT2D eigenvalue weighted by molar-refractivity contribution is -0.133. The molecule has 0 saturated carbocycles. The van der Waals surface area contributed by atoms with Gasteiger partial charge in [0, 0.05) is 28.7 Å². The summed E-state index contributed by atoms with van der Waals surface area (Å²) in [6, 6.07) is 13.4. The highest BCUT2D eigenvalue weighted by Crippen LogP contribution is 2.34. The van der Waals surface area contributed by atoms with Crippen LogP contribution in [0.3, 0.4) is 0 Å². The Labute approximate surface area is 231 Å². The van der Waals surface area contributed by atoms with E-state index in [2.05, 4.69) is 5.10 Å². The Kier molecular flexibility index (Phi) is 7.23. The second-order valence-corrected chi connectivity index (χ2v) is 11.3. The molecule has 0 bridgehead atoms. The molecule has 1 unspecified atom stereocenters. The maximum absolute atomic E-state index is 13.6. The van der Waals surface area contributed by atoms with Crippen LogP contribution in [0.15, 0.2) is 76.4 Å². The van der Waals surface area contributed by atoms with Crippen LogP contribution < -0.4 is 15.8 Å². The van der Waals surface area contributed by atoms with Gasteiger partial charge in [0.25, 0.3) is 11.5 Å². The topological polar surface area (TPSA) is 134 Å². The monoisotopic (exact) mass is 592 g/mol. The first-order chi connectivity index (χ1) is 18.6. The van der Waals surface area contributed by atoms with Gasteiger partial charge in [-0.2, -0.15) is 4.31 Å². The number of amides is 1. The molecule has 0 saturated heterocycles. The normalized spacial score (nSPS) is 15.5. The molecule has 202 valence electrons. The number of hydroxylamine groups is 1. The average molecular weight is 593 g/mol. The Morgan fingerprint density at radius 2 is 1.67 bits per heavy atom. The van der Waals surface area contributed by atoms with Crippen molar-refractivity contribution in [3.63, 3.8) is 0 Å². The van der Waals surface area contributed by atoms with Crippen molar-refractivity contribution in [3.8, 4) is 17.2 Å². The molecule has 10 nitrogen and oxygen atoms in total. The molecule has 0 spiro atoms. The van der Waals surface area contributed by atoms with Gasteiger partial charge >= 0.3 is 0 Å². The zero-order valence-corrected chi connectivity index (χ0v) is 22.1. The van der Waals surface area contributed by atoms with Crippen molar-refractivity contribution in [3.05, 3.63) is 104 Å². The number of ether oxygens (including phenoxy) is 1. The molecule has 2 heterocycles. The van der Waals surface area contributed by atoms with Gasteiger partial charge in [-0.15, -0.1) is 0 Å². The van der Waals surface area contributed by atoms with Crippen LogP contribution in [0.5, 0.6) is 11.5 Å². The number of rotatable bonds is 6. The van der Waals surface area contributed by atoms with Crippen LogP contribution in [-0.2, 0) is 21.2 Å². The number of hydrogen-bond donors (Lipinski definition) is 3. The number of carbonyl (C=O) groups excluding carboxylic acids is 1. The number of nitrogens with zero attached hydrogens (tertiary/aromatic N) is 2. The van der Waals surface area contributed by atoms with Crippen molar-refractivity contribution >= 4 is 39.1 Å². The zero-order valence-electron chi connectivity index (χ0n) is 19.8. The number of sulfonamides is 1. The molecule has 1 aromatic heterocycles. The van der Waals surface area contributed by atoms with Crippen LogP contribution in [0.2, 0.25) is 10.0 Å². The molecule has 1 amide bonds. The molecule has 0 aliphatic carbocycles. The van der Waals surface area contributed by atoms with Gasteiger partial charge in [0.05, 0.1) is 16.1 Å². The Morgan fingerprint density at radius 3 is 2.28 bits per heavy atom. The molecule has 1 atom stereocenters. The Balaban J connectivity index is 1.48. The van der Waals surface area contributed by atoms with E-state index in [1.54, 1.807) is 0 Å². The molecule has 0 radical (unpaired) electrons. The Morgan fingerprint density at radius 1 is 1.03 bits per heavy atom. The second-order valence-electron chi connectivity index (χ2n) is 8.54. The third kappa shape index (κ3) is 5.16. The predicted molar refractivity (Wildman–Crippen MR) is 140 cm³/mol. The molecule has 0 fully saturated rings. The fourth-order valence-electron chi connectivity index (χ4n) is 4.36. The van der Waals surface area contributed by atoms with Crippen molar-refractivity contribution in [2.45, 2.75) is 17.4 Å². The minimum atomic E-state index is -4.34. The van der Waals surface area contributed by atoms with E-state index in [1.165, 1.54) is 60.1 Å². The highest BCUT2D eigenvalue weighted by Gasteiger charge is 2.43. The largest absolute Gasteiger partial charge is 0.457 e. The van der Waals surface area contributed by atoms with E-state index in [4.69, 9.17) is 27.9 Å². The van der Waals surface area contributed by atoms with Crippen LogP contribution in [0.25, 0.3) is 5.69 Å². The first-order valence-corrected chi connectivity index (χ1v) is 13.6. The third-order valence-electron chi connectivity index (χ3n) is 6.09. The van der Waals surface area contributed by atoms with Crippen molar-refractivity contribution in [2.24, 2.45) is 0 Å². The van der Waals surface area contributed by atoms with Crippen molar-refractivity contribution in [1.82, 2.24) is 19.6 Å². The third-order valence-corrected chi connectivity index (χ3v) is 8.41. The number of aromatic amines is 1. The smallest absolute Gasteiger partial charge is 0.276 e. The summed E-state index contributed by atoms with van der Waals surface area (Å²) in [5, 5.41) is 13.0. The molecule has 5 rings (SSSR count). The summed E-state index contributed by atoms with van der Waals surface area (Å²) in [5.41, 5.74) is 1.19. The lowest BCUT2D eigenvalue weighted by atomic mass is 10.0. The van der Waals surface area contributed by atoms with E-state index < -0.39 is 33.3 Å². The van der Waals surface area contributed by atoms with E-state index in [-0.39, 0.29) is 29.1 Å². The fraction of sp³-hybridized carbons (Fsp3) is 0.120. The predicted octanol–water partition coefficient (Wildman–Crippen LogP) is 4.20. The van der Waals surface area contributed by atoms with Gasteiger partial charge in [0.15, 0.2) is 0 Å². The SMILES string of the molecule is O=C(NO)C1c2c([nH]n(-c3ccc(F)cc3)c2=O)CCN1S(=O)(=O)c1ccc(Oc2cc(Cl)cc(Cl)c2)cc1. The van der Waals surface area contributed by atoms with Crippen LogP contribution in [-0.4, -0.2) is 40.2 Å². The number of aromatic nitrogens is 2. The van der Waals surface area contributed by atoms with Gasteiger partial charge in [0.2, 0.25) is 10.0 Å². The van der Waals surface area contributed by atoms with Crippen molar-refractivity contribution in [2.75, 3.05) is 6.54 Å². The number of benzene rings is 3. The molecule has 14 heteroatoms. The van der Waals surface area contributed by atoms with Crippen LogP contribution in [0.4, 0.5) is 4.39 Å². The molecular weight excluding hydrogens is 574 g/mol. The minimum absolute atomic E-state index is 0.0733. The maximum atomic E-state index is 13.6. The van der Waals surface area contributed by atoms with E-state index >= 15 is 0 Å². The van der Waals surface area contributed by atoms with E-state index in [9.17, 15) is 27.6 Å². The van der Waals surface area contributed by atoms with Crippen LogP contribution in [0, 0.1) is 5.82 Å². The highest BCUT2D eigenvalue weighted by atomic mass is 35.5. The Hall–Kier alpha value is -3.68. The van der Waals surface area contributed by atoms with Gasteiger partial charge in [-0.25, -0.2) is 23.0 Å². The second kappa shape index (κ2) is 10.5. The molecule has 39 heavy (non-hydrogen) atoms.